The van der Waals surface area contributed by atoms with Crippen molar-refractivity contribution in [3.8, 4) is 0 Å². The minimum Gasteiger partial charge on any atom is -0.383 e. The van der Waals surface area contributed by atoms with Gasteiger partial charge in [0, 0.05) is 0 Å². The van der Waals surface area contributed by atoms with Gasteiger partial charge in [0.2, 0.25) is 0 Å². The monoisotopic (exact) mass is 235 g/mol. The van der Waals surface area contributed by atoms with Crippen LogP contribution < -0.4 is 5.73 Å². The molecule has 2 aromatic rings. The van der Waals surface area contributed by atoms with Gasteiger partial charge < -0.3 is 5.73 Å². The number of nitrogens with zero attached hydrogens (tertiary/aromatic N) is 2. The van der Waals surface area contributed by atoms with Crippen LogP contribution in [0.5, 0.6) is 0 Å². The van der Waals surface area contributed by atoms with Gasteiger partial charge in [-0.1, -0.05) is 42.8 Å². The Balaban J connectivity index is 2.17. The molecule has 1 aromatic carbocycles. The first-order valence-electron chi connectivity index (χ1n) is 5.25. The summed E-state index contributed by atoms with van der Waals surface area (Å²) in [6.07, 6.45) is 2.62. The standard InChI is InChI=1S/C12H14ClN3/c1-2-9-3-5-10(6-4-9)8-16-12(14)11(13)7-15-16/h3-7H,2,8,14H2,1H3. The largest absolute Gasteiger partial charge is 0.383 e. The number of aromatic nitrogens is 2. The van der Waals surface area contributed by atoms with E-state index < -0.39 is 0 Å². The maximum atomic E-state index is 5.83. The zero-order chi connectivity index (χ0) is 11.5. The molecular formula is C12H14ClN3. The summed E-state index contributed by atoms with van der Waals surface area (Å²) in [7, 11) is 0. The molecule has 0 bridgehead atoms. The molecule has 2 N–H and O–H groups in total. The number of anilines is 1. The number of benzene rings is 1. The zero-order valence-electron chi connectivity index (χ0n) is 9.15. The summed E-state index contributed by atoms with van der Waals surface area (Å²) in [5.74, 6) is 0.515. The Morgan fingerprint density at radius 3 is 2.38 bits per heavy atom. The molecule has 1 heterocycles. The Bertz CT molecular complexity index is 474. The summed E-state index contributed by atoms with van der Waals surface area (Å²) < 4.78 is 1.70. The van der Waals surface area contributed by atoms with E-state index in [1.165, 1.54) is 11.1 Å². The summed E-state index contributed by atoms with van der Waals surface area (Å²) in [4.78, 5) is 0. The summed E-state index contributed by atoms with van der Waals surface area (Å²) in [6, 6.07) is 8.43. The molecule has 3 nitrogen and oxygen atoms in total. The Morgan fingerprint density at radius 2 is 1.88 bits per heavy atom. The minimum absolute atomic E-state index is 0.505. The fraction of sp³-hybridized carbons (Fsp3) is 0.250. The lowest BCUT2D eigenvalue weighted by Crippen LogP contribution is -2.05. The van der Waals surface area contributed by atoms with Crippen LogP contribution in [0.1, 0.15) is 18.1 Å². The molecule has 16 heavy (non-hydrogen) atoms. The lowest BCUT2D eigenvalue weighted by atomic mass is 10.1. The lowest BCUT2D eigenvalue weighted by molar-refractivity contribution is 0.697. The van der Waals surface area contributed by atoms with Gasteiger partial charge >= 0.3 is 0 Å². The molecule has 1 aromatic heterocycles. The third-order valence-corrected chi connectivity index (χ3v) is 2.89. The minimum atomic E-state index is 0.505. The Kier molecular flexibility index (Phi) is 3.15. The normalized spacial score (nSPS) is 10.6. The number of hydrogen-bond acceptors (Lipinski definition) is 2. The van der Waals surface area contributed by atoms with Gasteiger partial charge in [-0.15, -0.1) is 0 Å². The molecule has 84 valence electrons. The predicted molar refractivity (Wildman–Crippen MR) is 66.6 cm³/mol. The van der Waals surface area contributed by atoms with E-state index in [1.54, 1.807) is 10.9 Å². The third-order valence-electron chi connectivity index (χ3n) is 2.60. The van der Waals surface area contributed by atoms with Crippen LogP contribution in [0.4, 0.5) is 5.82 Å². The first-order valence-corrected chi connectivity index (χ1v) is 5.63. The maximum absolute atomic E-state index is 5.83. The van der Waals surface area contributed by atoms with E-state index in [-0.39, 0.29) is 0 Å². The van der Waals surface area contributed by atoms with E-state index in [1.807, 2.05) is 0 Å². The van der Waals surface area contributed by atoms with Crippen molar-refractivity contribution in [2.24, 2.45) is 0 Å². The van der Waals surface area contributed by atoms with Crippen molar-refractivity contribution in [3.05, 3.63) is 46.6 Å². The Labute approximate surface area is 99.8 Å². The SMILES string of the molecule is CCc1ccc(Cn2ncc(Cl)c2N)cc1. The average molecular weight is 236 g/mol. The quantitative estimate of drug-likeness (QED) is 0.889. The second-order valence-corrected chi connectivity index (χ2v) is 4.11. The fourth-order valence-corrected chi connectivity index (χ4v) is 1.69. The number of rotatable bonds is 3. The number of nitrogen functional groups attached to an aromatic ring is 1. The summed E-state index contributed by atoms with van der Waals surface area (Å²) in [5.41, 5.74) is 8.27. The van der Waals surface area contributed by atoms with Gasteiger partial charge in [0.1, 0.15) is 10.8 Å². The number of hydrogen-bond donors (Lipinski definition) is 1. The molecule has 0 aliphatic heterocycles. The zero-order valence-corrected chi connectivity index (χ0v) is 9.91. The molecule has 0 radical (unpaired) electrons. The smallest absolute Gasteiger partial charge is 0.140 e. The predicted octanol–water partition coefficient (Wildman–Crippen LogP) is 2.73. The maximum Gasteiger partial charge on any atom is 0.140 e. The van der Waals surface area contributed by atoms with Crippen LogP contribution in [0.15, 0.2) is 30.5 Å². The molecule has 4 heteroatoms. The summed E-state index contributed by atoms with van der Waals surface area (Å²) >= 11 is 5.83. The van der Waals surface area contributed by atoms with Gasteiger partial charge in [-0.25, -0.2) is 4.68 Å². The third kappa shape index (κ3) is 2.19. The molecule has 0 saturated heterocycles. The van der Waals surface area contributed by atoms with Crippen molar-refractivity contribution in [1.29, 1.82) is 0 Å². The molecule has 0 aliphatic carbocycles. The van der Waals surface area contributed by atoms with Crippen molar-refractivity contribution in [1.82, 2.24) is 9.78 Å². The first-order chi connectivity index (χ1) is 7.70. The highest BCUT2D eigenvalue weighted by Gasteiger charge is 2.04. The molecule has 0 atom stereocenters. The van der Waals surface area contributed by atoms with Gasteiger partial charge in [-0.05, 0) is 17.5 Å². The van der Waals surface area contributed by atoms with E-state index in [2.05, 4.69) is 36.3 Å². The van der Waals surface area contributed by atoms with Crippen LogP contribution in [-0.2, 0) is 13.0 Å². The van der Waals surface area contributed by atoms with Gasteiger partial charge in [-0.3, -0.25) is 0 Å². The molecule has 0 unspecified atom stereocenters. The Hall–Kier alpha value is -1.48. The van der Waals surface area contributed by atoms with Crippen molar-refractivity contribution in [2.75, 3.05) is 5.73 Å². The number of aryl methyl sites for hydroxylation is 1. The van der Waals surface area contributed by atoms with Crippen LogP contribution >= 0.6 is 11.6 Å². The highest BCUT2D eigenvalue weighted by atomic mass is 35.5. The molecule has 0 amide bonds. The van der Waals surface area contributed by atoms with E-state index in [0.29, 0.717) is 17.4 Å². The molecule has 0 aliphatic rings. The van der Waals surface area contributed by atoms with Crippen LogP contribution in [0.3, 0.4) is 0 Å². The van der Waals surface area contributed by atoms with Crippen molar-refractivity contribution >= 4 is 17.4 Å². The first kappa shape index (κ1) is 11.0. The van der Waals surface area contributed by atoms with Crippen LogP contribution in [0.2, 0.25) is 5.02 Å². The molecule has 0 saturated carbocycles. The number of halogens is 1. The van der Waals surface area contributed by atoms with E-state index in [0.717, 1.165) is 6.42 Å². The second kappa shape index (κ2) is 4.58. The highest BCUT2D eigenvalue weighted by Crippen LogP contribution is 2.18. The van der Waals surface area contributed by atoms with Crippen molar-refractivity contribution in [3.63, 3.8) is 0 Å². The van der Waals surface area contributed by atoms with E-state index in [4.69, 9.17) is 17.3 Å². The van der Waals surface area contributed by atoms with Crippen molar-refractivity contribution < 1.29 is 0 Å². The molecule has 0 spiro atoms. The molecular weight excluding hydrogens is 222 g/mol. The highest BCUT2D eigenvalue weighted by molar-refractivity contribution is 6.32. The second-order valence-electron chi connectivity index (χ2n) is 3.71. The Morgan fingerprint density at radius 1 is 1.25 bits per heavy atom. The summed E-state index contributed by atoms with van der Waals surface area (Å²) in [6.45, 7) is 2.79. The van der Waals surface area contributed by atoms with Gasteiger partial charge in [0.25, 0.3) is 0 Å². The fourth-order valence-electron chi connectivity index (χ4n) is 1.55. The van der Waals surface area contributed by atoms with Crippen molar-refractivity contribution in [2.45, 2.75) is 19.9 Å². The molecule has 2 rings (SSSR count). The average Bonchev–Trinajstić information content (AvgIpc) is 2.62. The topological polar surface area (TPSA) is 43.8 Å². The lowest BCUT2D eigenvalue weighted by Gasteiger charge is -2.05. The van der Waals surface area contributed by atoms with Gasteiger partial charge in [0.15, 0.2) is 0 Å². The van der Waals surface area contributed by atoms with Crippen LogP contribution in [0, 0.1) is 0 Å². The van der Waals surface area contributed by atoms with E-state index >= 15 is 0 Å². The summed E-state index contributed by atoms with van der Waals surface area (Å²) in [5, 5.41) is 4.62. The number of nitrogens with two attached hydrogens (primary N) is 1. The molecule has 0 fully saturated rings. The van der Waals surface area contributed by atoms with Gasteiger partial charge in [0.05, 0.1) is 12.7 Å². The van der Waals surface area contributed by atoms with Crippen LogP contribution in [-0.4, -0.2) is 9.78 Å². The van der Waals surface area contributed by atoms with Gasteiger partial charge in [-0.2, -0.15) is 5.10 Å². The van der Waals surface area contributed by atoms with E-state index in [9.17, 15) is 0 Å². The van der Waals surface area contributed by atoms with Crippen LogP contribution in [0.25, 0.3) is 0 Å².